The first kappa shape index (κ1) is 72.5. The number of ether oxygens (including phenoxy) is 3. The van der Waals surface area contributed by atoms with Gasteiger partial charge in [-0.15, -0.1) is 0 Å². The van der Waals surface area contributed by atoms with Gasteiger partial charge in [-0.25, -0.2) is 0 Å². The van der Waals surface area contributed by atoms with Crippen LogP contribution in [-0.2, 0) is 28.6 Å². The van der Waals surface area contributed by atoms with Crippen molar-refractivity contribution in [3.8, 4) is 0 Å². The van der Waals surface area contributed by atoms with Gasteiger partial charge in [0.05, 0.1) is 0 Å². The van der Waals surface area contributed by atoms with Crippen LogP contribution in [0.25, 0.3) is 0 Å². The molecule has 0 aromatic rings. The summed E-state index contributed by atoms with van der Waals surface area (Å²) in [6.07, 6.45) is 90.3. The molecule has 0 radical (unpaired) electrons. The fourth-order valence-electron chi connectivity index (χ4n) is 8.43. The third-order valence-corrected chi connectivity index (χ3v) is 13.1. The van der Waals surface area contributed by atoms with Gasteiger partial charge in [-0.2, -0.15) is 0 Å². The van der Waals surface area contributed by atoms with Crippen LogP contribution in [0.1, 0.15) is 278 Å². The van der Waals surface area contributed by atoms with Gasteiger partial charge in [0, 0.05) is 19.3 Å². The van der Waals surface area contributed by atoms with Gasteiger partial charge in [0.25, 0.3) is 0 Å². The van der Waals surface area contributed by atoms with E-state index in [2.05, 4.69) is 154 Å². The Balaban J connectivity index is 4.36. The summed E-state index contributed by atoms with van der Waals surface area (Å²) in [6, 6.07) is 0. The van der Waals surface area contributed by atoms with E-state index in [4.69, 9.17) is 14.2 Å². The molecular weight excluding hydrogens is 949 g/mol. The van der Waals surface area contributed by atoms with Gasteiger partial charge in [0.1, 0.15) is 13.2 Å². The molecule has 0 aliphatic carbocycles. The first-order valence-electron chi connectivity index (χ1n) is 31.7. The Morgan fingerprint density at radius 3 is 0.818 bits per heavy atom. The van der Waals surface area contributed by atoms with E-state index in [0.29, 0.717) is 19.3 Å². The second-order valence-corrected chi connectivity index (χ2v) is 20.5. The van der Waals surface area contributed by atoms with E-state index in [1.807, 2.05) is 0 Å². The van der Waals surface area contributed by atoms with Crippen LogP contribution < -0.4 is 0 Å². The molecule has 0 saturated heterocycles. The summed E-state index contributed by atoms with van der Waals surface area (Å²) in [4.78, 5) is 38.3. The van der Waals surface area contributed by atoms with Crippen LogP contribution in [0.15, 0.2) is 134 Å². The highest BCUT2D eigenvalue weighted by molar-refractivity contribution is 5.71. The Bertz CT molecular complexity index is 1650. The van der Waals surface area contributed by atoms with E-state index >= 15 is 0 Å². The average molecular weight is 1070 g/mol. The van der Waals surface area contributed by atoms with Gasteiger partial charge in [-0.3, -0.25) is 14.4 Å². The molecule has 436 valence electrons. The van der Waals surface area contributed by atoms with Crippen LogP contribution >= 0.6 is 0 Å². The Morgan fingerprint density at radius 1 is 0.273 bits per heavy atom. The topological polar surface area (TPSA) is 78.9 Å². The highest BCUT2D eigenvalue weighted by Gasteiger charge is 2.19. The minimum atomic E-state index is -0.802. The molecule has 0 amide bonds. The SMILES string of the molecule is CC/C=C\C/C=C\C/C=C\C/C=C\C/C=C\C/C=C\C/C=C\CCCCCCCCCC(=O)OCC(COC(=O)CCCCC/C=C\C/C=C\C/C=C\CC)OC(=O)CCCCCCCCC/C=C\CCCCCCCC. The van der Waals surface area contributed by atoms with E-state index in [0.717, 1.165) is 135 Å². The van der Waals surface area contributed by atoms with Gasteiger partial charge in [-0.05, 0) is 135 Å². The molecule has 0 rings (SSSR count). The van der Waals surface area contributed by atoms with Crippen LogP contribution in [-0.4, -0.2) is 37.2 Å². The largest absolute Gasteiger partial charge is 0.462 e. The summed E-state index contributed by atoms with van der Waals surface area (Å²) >= 11 is 0. The number of hydrogen-bond donors (Lipinski definition) is 0. The van der Waals surface area contributed by atoms with Crippen LogP contribution in [0.3, 0.4) is 0 Å². The van der Waals surface area contributed by atoms with Crippen molar-refractivity contribution < 1.29 is 28.6 Å². The summed E-state index contributed by atoms with van der Waals surface area (Å²) in [5.41, 5.74) is 0. The predicted molar refractivity (Wildman–Crippen MR) is 334 cm³/mol. The Labute approximate surface area is 475 Å². The lowest BCUT2D eigenvalue weighted by Crippen LogP contribution is -2.30. The van der Waals surface area contributed by atoms with Crippen LogP contribution in [0.5, 0.6) is 0 Å². The standard InChI is InChI=1S/C71H116O6/c1-4-7-10-13-16-19-22-25-27-29-30-31-32-33-34-35-36-37-38-39-40-42-43-46-49-52-55-58-61-64-70(73)76-67-68(66-75-69(72)63-60-57-54-51-48-45-24-21-18-15-12-9-6-3)77-71(74)65-62-59-56-53-50-47-44-41-28-26-23-20-17-14-11-8-5-2/h7,9-10,12,16,18-19,21,25-28,30-31,33-34,36-37,39-40,45,48,68H,4-6,8,11,13-15,17,20,22-24,29,32,35,38,41-44,46-47,49-67H2,1-3H3/b10-7-,12-9-,19-16-,21-18-,27-25-,28-26-,31-30-,34-33-,37-36-,40-39-,48-45-. The maximum atomic E-state index is 12.9. The molecule has 6 heteroatoms. The van der Waals surface area contributed by atoms with Gasteiger partial charge in [0.15, 0.2) is 6.10 Å². The van der Waals surface area contributed by atoms with Gasteiger partial charge in [-0.1, -0.05) is 257 Å². The number of allylic oxidation sites excluding steroid dienone is 22. The van der Waals surface area contributed by atoms with E-state index in [9.17, 15) is 14.4 Å². The van der Waals surface area contributed by atoms with Crippen molar-refractivity contribution in [2.75, 3.05) is 13.2 Å². The molecule has 0 N–H and O–H groups in total. The molecule has 0 saturated carbocycles. The maximum absolute atomic E-state index is 12.9. The number of carbonyl (C=O) groups excluding carboxylic acids is 3. The van der Waals surface area contributed by atoms with Gasteiger partial charge < -0.3 is 14.2 Å². The minimum absolute atomic E-state index is 0.0983. The smallest absolute Gasteiger partial charge is 0.306 e. The van der Waals surface area contributed by atoms with E-state index < -0.39 is 6.10 Å². The van der Waals surface area contributed by atoms with Crippen molar-refractivity contribution >= 4 is 17.9 Å². The molecule has 0 aromatic heterocycles. The quantitative estimate of drug-likeness (QED) is 0.0261. The van der Waals surface area contributed by atoms with E-state index in [1.54, 1.807) is 0 Å². The highest BCUT2D eigenvalue weighted by Crippen LogP contribution is 2.15. The lowest BCUT2D eigenvalue weighted by molar-refractivity contribution is -0.167. The second kappa shape index (κ2) is 64.1. The molecule has 1 atom stereocenters. The second-order valence-electron chi connectivity index (χ2n) is 20.5. The average Bonchev–Trinajstić information content (AvgIpc) is 3.43. The molecule has 77 heavy (non-hydrogen) atoms. The van der Waals surface area contributed by atoms with E-state index in [1.165, 1.54) is 103 Å². The molecule has 0 bridgehead atoms. The molecule has 0 fully saturated rings. The molecule has 6 nitrogen and oxygen atoms in total. The summed E-state index contributed by atoms with van der Waals surface area (Å²) in [5, 5.41) is 0. The monoisotopic (exact) mass is 1060 g/mol. The van der Waals surface area contributed by atoms with Crippen LogP contribution in [0, 0.1) is 0 Å². The third kappa shape index (κ3) is 62.3. The molecule has 1 unspecified atom stereocenters. The van der Waals surface area contributed by atoms with Gasteiger partial charge >= 0.3 is 17.9 Å². The summed E-state index contributed by atoms with van der Waals surface area (Å²) < 4.78 is 16.9. The lowest BCUT2D eigenvalue weighted by atomic mass is 10.1. The van der Waals surface area contributed by atoms with Crippen molar-refractivity contribution in [3.63, 3.8) is 0 Å². The summed E-state index contributed by atoms with van der Waals surface area (Å²) in [6.45, 7) is 6.37. The number of rotatable bonds is 56. The number of esters is 3. The van der Waals surface area contributed by atoms with E-state index in [-0.39, 0.29) is 31.1 Å². The lowest BCUT2D eigenvalue weighted by Gasteiger charge is -2.18. The predicted octanol–water partition coefficient (Wildman–Crippen LogP) is 21.8. The zero-order valence-corrected chi connectivity index (χ0v) is 49.9. The third-order valence-electron chi connectivity index (χ3n) is 13.1. The maximum Gasteiger partial charge on any atom is 0.306 e. The first-order chi connectivity index (χ1) is 38.0. The molecule has 0 heterocycles. The number of unbranched alkanes of at least 4 members (excludes halogenated alkanes) is 23. The summed E-state index contributed by atoms with van der Waals surface area (Å²) in [7, 11) is 0. The highest BCUT2D eigenvalue weighted by atomic mass is 16.6. The fraction of sp³-hybridized carbons (Fsp3) is 0.648. The Morgan fingerprint density at radius 2 is 0.506 bits per heavy atom. The zero-order valence-electron chi connectivity index (χ0n) is 49.9. The number of hydrogen-bond acceptors (Lipinski definition) is 6. The molecule has 0 spiro atoms. The number of carbonyl (C=O) groups is 3. The fourth-order valence-corrected chi connectivity index (χ4v) is 8.43. The first-order valence-corrected chi connectivity index (χ1v) is 31.7. The van der Waals surface area contributed by atoms with Crippen molar-refractivity contribution in [2.24, 2.45) is 0 Å². The van der Waals surface area contributed by atoms with Crippen molar-refractivity contribution in [2.45, 2.75) is 284 Å². The van der Waals surface area contributed by atoms with Crippen molar-refractivity contribution in [3.05, 3.63) is 134 Å². The summed E-state index contributed by atoms with van der Waals surface area (Å²) in [5.74, 6) is -0.942. The zero-order chi connectivity index (χ0) is 55.7. The Hall–Kier alpha value is -4.45. The van der Waals surface area contributed by atoms with Gasteiger partial charge in [0.2, 0.25) is 0 Å². The molecule has 0 aliphatic heterocycles. The molecular formula is C71H116O6. The van der Waals surface area contributed by atoms with Crippen LogP contribution in [0.4, 0.5) is 0 Å². The molecule has 0 aliphatic rings. The Kier molecular flexibility index (Phi) is 60.4. The van der Waals surface area contributed by atoms with Crippen molar-refractivity contribution in [1.82, 2.24) is 0 Å². The minimum Gasteiger partial charge on any atom is -0.462 e. The molecule has 0 aromatic carbocycles. The van der Waals surface area contributed by atoms with Crippen molar-refractivity contribution in [1.29, 1.82) is 0 Å². The van der Waals surface area contributed by atoms with Crippen LogP contribution in [0.2, 0.25) is 0 Å². The normalized spacial score (nSPS) is 13.0.